The minimum Gasteiger partial charge on any atom is -0.486 e. The number of benzene rings is 2. The topological polar surface area (TPSA) is 249 Å². The van der Waals surface area contributed by atoms with Crippen LogP contribution in [0.15, 0.2) is 51.9 Å². The molecule has 16 heteroatoms. The van der Waals surface area contributed by atoms with E-state index in [1.807, 2.05) is 0 Å². The Kier molecular flexibility index (Phi) is 13.2. The molecule has 4 rings (SSSR count). The number of nitrogens with one attached hydrogen (secondary N) is 4. The van der Waals surface area contributed by atoms with E-state index in [-0.39, 0.29) is 54.8 Å². The summed E-state index contributed by atoms with van der Waals surface area (Å²) in [6, 6.07) is 8.86. The Morgan fingerprint density at radius 1 is 0.918 bits per heavy atom. The summed E-state index contributed by atoms with van der Waals surface area (Å²) in [5.74, 6) is -0.871. The van der Waals surface area contributed by atoms with Crippen molar-refractivity contribution < 1.29 is 47.9 Å². The number of hydrogen-bond acceptors (Lipinski definition) is 9. The van der Waals surface area contributed by atoms with Gasteiger partial charge in [-0.2, -0.15) is 0 Å². The van der Waals surface area contributed by atoms with Crippen molar-refractivity contribution in [1.82, 2.24) is 16.0 Å². The molecule has 3 aromatic rings. The van der Waals surface area contributed by atoms with Crippen molar-refractivity contribution in [1.29, 1.82) is 0 Å². The van der Waals surface area contributed by atoms with Gasteiger partial charge < -0.3 is 39.7 Å². The van der Waals surface area contributed by atoms with Crippen molar-refractivity contribution in [2.75, 3.05) is 39.5 Å². The smallest absolute Gasteiger partial charge is 0.338 e. The molecule has 0 spiro atoms. The van der Waals surface area contributed by atoms with E-state index in [1.165, 1.54) is 12.3 Å². The number of fused-ring (bicyclic) bond motifs is 2. The predicted molar refractivity (Wildman–Crippen MR) is 177 cm³/mol. The third kappa shape index (κ3) is 11.2. The lowest BCUT2D eigenvalue weighted by Gasteiger charge is -2.18. The Hall–Kier alpha value is -5.80. The SMILES string of the molecule is NC(N)=[NH+]CCCC(NC(=O)CCCCCNC(=O)CNC(=O)COc1ccc2c(=O)c(-c3ccc4c(c3)OCCO4)coc2c1)C(=O)O. The number of carbonyl (C=O) groups excluding carboxylic acids is 3. The number of ether oxygens (including phenoxy) is 3. The summed E-state index contributed by atoms with van der Waals surface area (Å²) in [5.41, 5.74) is 11.6. The van der Waals surface area contributed by atoms with Crippen LogP contribution in [0.5, 0.6) is 17.2 Å². The van der Waals surface area contributed by atoms with E-state index in [2.05, 4.69) is 20.9 Å². The van der Waals surface area contributed by atoms with Crippen LogP contribution in [-0.2, 0) is 19.2 Å². The number of hydrogen-bond donors (Lipinski definition) is 7. The van der Waals surface area contributed by atoms with Crippen LogP contribution < -0.4 is 52.0 Å². The Balaban J connectivity index is 1.11. The Labute approximate surface area is 281 Å². The van der Waals surface area contributed by atoms with E-state index in [4.69, 9.17) is 30.1 Å². The van der Waals surface area contributed by atoms with Gasteiger partial charge in [0, 0.05) is 19.0 Å². The first kappa shape index (κ1) is 36.0. The summed E-state index contributed by atoms with van der Waals surface area (Å²) in [6.07, 6.45) is 3.94. The number of unbranched alkanes of at least 4 members (excludes halogenated alkanes) is 2. The van der Waals surface area contributed by atoms with E-state index in [9.17, 15) is 29.1 Å². The number of carboxylic acids is 1. The summed E-state index contributed by atoms with van der Waals surface area (Å²) < 4.78 is 22.4. The Morgan fingerprint density at radius 3 is 2.49 bits per heavy atom. The van der Waals surface area contributed by atoms with Crippen LogP contribution >= 0.6 is 0 Å². The van der Waals surface area contributed by atoms with E-state index in [0.29, 0.717) is 85.7 Å². The fraction of sp³-hybridized carbons (Fsp3) is 0.394. The molecule has 1 unspecified atom stereocenters. The van der Waals surface area contributed by atoms with Crippen LogP contribution in [0.3, 0.4) is 0 Å². The van der Waals surface area contributed by atoms with Crippen LogP contribution in [0.4, 0.5) is 0 Å². The summed E-state index contributed by atoms with van der Waals surface area (Å²) in [6.45, 7) is 1.02. The van der Waals surface area contributed by atoms with Crippen molar-refractivity contribution in [2.24, 2.45) is 11.5 Å². The van der Waals surface area contributed by atoms with Crippen LogP contribution in [-0.4, -0.2) is 80.3 Å². The van der Waals surface area contributed by atoms with Gasteiger partial charge in [-0.3, -0.25) is 35.6 Å². The largest absolute Gasteiger partial charge is 0.486 e. The van der Waals surface area contributed by atoms with Crippen molar-refractivity contribution in [2.45, 2.75) is 44.6 Å². The van der Waals surface area contributed by atoms with E-state index >= 15 is 0 Å². The second-order valence-electron chi connectivity index (χ2n) is 11.2. The Morgan fingerprint density at radius 2 is 1.71 bits per heavy atom. The van der Waals surface area contributed by atoms with E-state index in [0.717, 1.165) is 0 Å². The molecule has 16 nitrogen and oxygen atoms in total. The highest BCUT2D eigenvalue weighted by molar-refractivity contribution is 5.86. The number of nitrogens with two attached hydrogens (primary N) is 2. The number of amides is 3. The normalized spacial score (nSPS) is 12.4. The molecule has 0 saturated carbocycles. The summed E-state index contributed by atoms with van der Waals surface area (Å²) in [4.78, 5) is 63.7. The molecule has 3 amide bonds. The van der Waals surface area contributed by atoms with Gasteiger partial charge in [0.25, 0.3) is 5.91 Å². The van der Waals surface area contributed by atoms with Crippen molar-refractivity contribution in [3.8, 4) is 28.4 Å². The molecule has 1 aliphatic rings. The minimum atomic E-state index is -1.12. The molecule has 0 fully saturated rings. The van der Waals surface area contributed by atoms with Gasteiger partial charge in [-0.1, -0.05) is 12.5 Å². The maximum Gasteiger partial charge on any atom is 0.338 e. The number of aliphatic carboxylic acids is 1. The first-order chi connectivity index (χ1) is 23.6. The first-order valence-electron chi connectivity index (χ1n) is 15.9. The number of rotatable bonds is 18. The zero-order chi connectivity index (χ0) is 35.2. The molecule has 0 bridgehead atoms. The van der Waals surface area contributed by atoms with Gasteiger partial charge in [0.05, 0.1) is 24.0 Å². The molecule has 49 heavy (non-hydrogen) atoms. The third-order valence-electron chi connectivity index (χ3n) is 7.45. The lowest BCUT2D eigenvalue weighted by molar-refractivity contribution is -0.459. The molecule has 0 saturated heterocycles. The van der Waals surface area contributed by atoms with Gasteiger partial charge in [-0.25, -0.2) is 4.79 Å². The zero-order valence-corrected chi connectivity index (χ0v) is 26.9. The summed E-state index contributed by atoms with van der Waals surface area (Å²) in [5, 5.41) is 17.3. The van der Waals surface area contributed by atoms with Crippen molar-refractivity contribution in [3.63, 3.8) is 0 Å². The lowest BCUT2D eigenvalue weighted by Crippen LogP contribution is -2.78. The van der Waals surface area contributed by atoms with E-state index < -0.39 is 17.9 Å². The summed E-state index contributed by atoms with van der Waals surface area (Å²) in [7, 11) is 0. The highest BCUT2D eigenvalue weighted by Crippen LogP contribution is 2.34. The monoisotopic (exact) mass is 681 g/mol. The van der Waals surface area contributed by atoms with Crippen LogP contribution in [0.2, 0.25) is 0 Å². The molecule has 0 aliphatic carbocycles. The average Bonchev–Trinajstić information content (AvgIpc) is 3.08. The molecule has 262 valence electrons. The predicted octanol–water partition coefficient (Wildman–Crippen LogP) is -0.894. The maximum absolute atomic E-state index is 13.2. The van der Waals surface area contributed by atoms with Crippen LogP contribution in [0.1, 0.15) is 38.5 Å². The minimum absolute atomic E-state index is 0.0452. The number of carboxylic acid groups (broad SMARTS) is 1. The van der Waals surface area contributed by atoms with E-state index in [1.54, 1.807) is 30.3 Å². The molecule has 0 radical (unpaired) electrons. The van der Waals surface area contributed by atoms with Gasteiger partial charge in [0.1, 0.15) is 36.9 Å². The molecule has 1 atom stereocenters. The highest BCUT2D eigenvalue weighted by Gasteiger charge is 2.19. The standard InChI is InChI=1S/C33H40N6O10/c34-33(35)37-12-4-5-24(32(44)45)39-28(40)6-2-1-3-11-36-29(41)17-38-30(42)19-48-21-8-9-22-26(16-21)49-18-23(31(22)43)20-7-10-25-27(15-20)47-14-13-46-25/h7-10,15-16,18,24H,1-6,11-14,17,19H2,(H,36,41)(H,38,42)(H,39,40)(H,44,45)(H4,34,35,37)/p+1. The highest BCUT2D eigenvalue weighted by atomic mass is 16.6. The molecule has 2 aromatic carbocycles. The lowest BCUT2D eigenvalue weighted by atomic mass is 10.0. The van der Waals surface area contributed by atoms with Gasteiger partial charge in [-0.05, 0) is 55.5 Å². The number of carbonyl (C=O) groups is 4. The fourth-order valence-electron chi connectivity index (χ4n) is 4.93. The van der Waals surface area contributed by atoms with Gasteiger partial charge in [0.15, 0.2) is 23.5 Å². The second kappa shape index (κ2) is 17.9. The molecule has 1 aromatic heterocycles. The molecule has 2 heterocycles. The first-order valence-corrected chi connectivity index (χ1v) is 15.9. The molecule has 9 N–H and O–H groups in total. The van der Waals surface area contributed by atoms with Crippen LogP contribution in [0, 0.1) is 0 Å². The molecular formula is C33H41N6O10+. The van der Waals surface area contributed by atoms with Gasteiger partial charge in [-0.15, -0.1) is 0 Å². The Bertz CT molecular complexity index is 1740. The van der Waals surface area contributed by atoms with Crippen LogP contribution in [0.25, 0.3) is 22.1 Å². The van der Waals surface area contributed by atoms with Gasteiger partial charge in [0.2, 0.25) is 11.8 Å². The quantitative estimate of drug-likeness (QED) is 0.0491. The average molecular weight is 682 g/mol. The zero-order valence-electron chi connectivity index (χ0n) is 26.9. The molecule has 1 aliphatic heterocycles. The summed E-state index contributed by atoms with van der Waals surface area (Å²) >= 11 is 0. The third-order valence-corrected chi connectivity index (χ3v) is 7.45. The fourth-order valence-corrected chi connectivity index (χ4v) is 4.93. The maximum atomic E-state index is 13.2. The second-order valence-corrected chi connectivity index (χ2v) is 11.2. The molecular weight excluding hydrogens is 640 g/mol. The van der Waals surface area contributed by atoms with Gasteiger partial charge >= 0.3 is 11.9 Å². The number of guanidine groups is 1. The van der Waals surface area contributed by atoms with Crippen molar-refractivity contribution >= 4 is 40.6 Å². The van der Waals surface area contributed by atoms with Crippen molar-refractivity contribution in [3.05, 3.63) is 52.9 Å².